The van der Waals surface area contributed by atoms with Gasteiger partial charge in [0.2, 0.25) is 5.82 Å². The number of carbonyl (C=O) groups excluding carboxylic acids is 2. The molecule has 2 amide bonds. The molecule has 0 atom stereocenters. The van der Waals surface area contributed by atoms with Crippen LogP contribution in [0.1, 0.15) is 26.9 Å². The first kappa shape index (κ1) is 12.6. The second kappa shape index (κ2) is 5.17. The molecule has 1 aromatic heterocycles. The number of ether oxygens (including phenoxy) is 1. The lowest BCUT2D eigenvalue weighted by atomic mass is 10.2. The minimum atomic E-state index is -0.823. The van der Waals surface area contributed by atoms with Crippen LogP contribution in [0.25, 0.3) is 0 Å². The third-order valence-electron chi connectivity index (χ3n) is 2.19. The molecule has 0 saturated carbocycles. The van der Waals surface area contributed by atoms with Crippen molar-refractivity contribution in [1.29, 1.82) is 0 Å². The monoisotopic (exact) mass is 262 g/mol. The third kappa shape index (κ3) is 2.86. The molecule has 0 radical (unpaired) electrons. The lowest BCUT2D eigenvalue weighted by Gasteiger charge is -2.06. The fraction of sp³-hybridized carbons (Fsp3) is 0.0909. The molecule has 2 aromatic rings. The van der Waals surface area contributed by atoms with Crippen LogP contribution < -0.4 is 16.2 Å². The van der Waals surface area contributed by atoms with Crippen molar-refractivity contribution in [1.82, 2.24) is 10.1 Å². The maximum atomic E-state index is 11.2. The number of hydrogen-bond donors (Lipinski definition) is 2. The van der Waals surface area contributed by atoms with Crippen molar-refractivity contribution in [3.05, 3.63) is 41.5 Å². The predicted octanol–water partition coefficient (Wildman–Crippen LogP) is -0.154. The summed E-state index contributed by atoms with van der Waals surface area (Å²) in [5, 5.41) is 3.50. The van der Waals surface area contributed by atoms with Gasteiger partial charge >= 0.3 is 11.8 Å². The minimum absolute atomic E-state index is 0.0823. The number of nitrogens with zero attached hydrogens (tertiary/aromatic N) is 2. The lowest BCUT2D eigenvalue weighted by molar-refractivity contribution is 0.0956. The highest BCUT2D eigenvalue weighted by atomic mass is 16.5. The van der Waals surface area contributed by atoms with Crippen molar-refractivity contribution < 1.29 is 18.8 Å². The molecule has 0 aliphatic rings. The van der Waals surface area contributed by atoms with Gasteiger partial charge in [-0.15, -0.1) is 0 Å². The van der Waals surface area contributed by atoms with Gasteiger partial charge in [0.25, 0.3) is 5.91 Å². The summed E-state index contributed by atoms with van der Waals surface area (Å²) in [5.41, 5.74) is 10.4. The van der Waals surface area contributed by atoms with Crippen molar-refractivity contribution in [3.8, 4) is 5.75 Å². The molecule has 0 bridgehead atoms. The van der Waals surface area contributed by atoms with E-state index in [0.717, 1.165) is 0 Å². The second-order valence-electron chi connectivity index (χ2n) is 3.53. The smallest absolute Gasteiger partial charge is 0.315 e. The number of para-hydroxylation sites is 1. The van der Waals surface area contributed by atoms with Crippen LogP contribution in [0.15, 0.2) is 28.8 Å². The van der Waals surface area contributed by atoms with E-state index >= 15 is 0 Å². The summed E-state index contributed by atoms with van der Waals surface area (Å²) in [6.07, 6.45) is 0. The maximum absolute atomic E-state index is 11.2. The van der Waals surface area contributed by atoms with E-state index in [0.29, 0.717) is 5.75 Å². The van der Waals surface area contributed by atoms with E-state index in [1.165, 1.54) is 6.07 Å². The topological polar surface area (TPSA) is 134 Å². The normalized spacial score (nSPS) is 10.1. The zero-order valence-electron chi connectivity index (χ0n) is 9.70. The molecule has 0 aliphatic carbocycles. The van der Waals surface area contributed by atoms with Crippen LogP contribution in [0, 0.1) is 0 Å². The van der Waals surface area contributed by atoms with E-state index in [9.17, 15) is 9.59 Å². The number of benzene rings is 1. The first-order chi connectivity index (χ1) is 9.08. The molecule has 4 N–H and O–H groups in total. The average Bonchev–Trinajstić information content (AvgIpc) is 2.85. The van der Waals surface area contributed by atoms with Crippen LogP contribution in [0.5, 0.6) is 5.75 Å². The number of amides is 2. The van der Waals surface area contributed by atoms with E-state index in [2.05, 4.69) is 14.7 Å². The van der Waals surface area contributed by atoms with Gasteiger partial charge in [0.05, 0.1) is 5.56 Å². The summed E-state index contributed by atoms with van der Waals surface area (Å²) >= 11 is 0. The number of primary amides is 2. The van der Waals surface area contributed by atoms with Crippen LogP contribution in [-0.2, 0) is 6.61 Å². The summed E-state index contributed by atoms with van der Waals surface area (Å²) in [6.45, 7) is -0.0823. The molecule has 98 valence electrons. The molecule has 0 unspecified atom stereocenters. The van der Waals surface area contributed by atoms with Crippen molar-refractivity contribution in [2.45, 2.75) is 6.61 Å². The first-order valence-corrected chi connectivity index (χ1v) is 5.22. The summed E-state index contributed by atoms with van der Waals surface area (Å²) < 4.78 is 9.92. The lowest BCUT2D eigenvalue weighted by Crippen LogP contribution is -2.13. The molecular weight excluding hydrogens is 252 g/mol. The summed E-state index contributed by atoms with van der Waals surface area (Å²) in [6, 6.07) is 6.46. The van der Waals surface area contributed by atoms with Gasteiger partial charge in [0, 0.05) is 0 Å². The Balaban J connectivity index is 2.10. The second-order valence-corrected chi connectivity index (χ2v) is 3.53. The van der Waals surface area contributed by atoms with Gasteiger partial charge in [-0.1, -0.05) is 17.3 Å². The van der Waals surface area contributed by atoms with Crippen molar-refractivity contribution in [2.75, 3.05) is 0 Å². The Kier molecular flexibility index (Phi) is 3.42. The van der Waals surface area contributed by atoms with Crippen molar-refractivity contribution >= 4 is 11.8 Å². The van der Waals surface area contributed by atoms with E-state index in [4.69, 9.17) is 16.2 Å². The predicted molar refractivity (Wildman–Crippen MR) is 62.1 cm³/mol. The SMILES string of the molecule is NC(=O)c1nc(COc2ccccc2C(N)=O)no1. The van der Waals surface area contributed by atoms with Gasteiger partial charge in [0.1, 0.15) is 5.75 Å². The number of hydrogen-bond acceptors (Lipinski definition) is 6. The van der Waals surface area contributed by atoms with E-state index < -0.39 is 11.8 Å². The van der Waals surface area contributed by atoms with Gasteiger partial charge in [-0.3, -0.25) is 9.59 Å². The summed E-state index contributed by atoms with van der Waals surface area (Å²) in [4.78, 5) is 25.6. The molecule has 1 heterocycles. The average molecular weight is 262 g/mol. The quantitative estimate of drug-likeness (QED) is 0.769. The van der Waals surface area contributed by atoms with E-state index in [-0.39, 0.29) is 23.9 Å². The molecule has 2 rings (SSSR count). The van der Waals surface area contributed by atoms with Crippen molar-refractivity contribution in [2.24, 2.45) is 11.5 Å². The Morgan fingerprint density at radius 1 is 1.21 bits per heavy atom. The summed E-state index contributed by atoms with van der Waals surface area (Å²) in [5.74, 6) is -1.31. The zero-order valence-corrected chi connectivity index (χ0v) is 9.70. The summed E-state index contributed by atoms with van der Waals surface area (Å²) in [7, 11) is 0. The molecule has 0 spiro atoms. The van der Waals surface area contributed by atoms with Crippen LogP contribution >= 0.6 is 0 Å². The Labute approximate surface area is 107 Å². The fourth-order valence-corrected chi connectivity index (χ4v) is 1.35. The van der Waals surface area contributed by atoms with Crippen LogP contribution in [-0.4, -0.2) is 22.0 Å². The zero-order chi connectivity index (χ0) is 13.8. The van der Waals surface area contributed by atoms with Gasteiger partial charge in [-0.25, -0.2) is 0 Å². The fourth-order valence-electron chi connectivity index (χ4n) is 1.35. The number of aromatic nitrogens is 2. The standard InChI is InChI=1S/C11H10N4O4/c12-9(16)6-3-1-2-4-7(6)18-5-8-14-11(10(13)17)19-15-8/h1-4H,5H2,(H2,12,16)(H2,13,17). The van der Waals surface area contributed by atoms with Crippen LogP contribution in [0.4, 0.5) is 0 Å². The molecule has 0 aliphatic heterocycles. The molecule has 0 fully saturated rings. The van der Waals surface area contributed by atoms with Crippen LogP contribution in [0.3, 0.4) is 0 Å². The first-order valence-electron chi connectivity index (χ1n) is 5.22. The molecule has 1 aromatic carbocycles. The molecule has 0 saturated heterocycles. The number of rotatable bonds is 5. The van der Waals surface area contributed by atoms with Crippen LogP contribution in [0.2, 0.25) is 0 Å². The number of carbonyl (C=O) groups is 2. The molecule has 19 heavy (non-hydrogen) atoms. The van der Waals surface area contributed by atoms with Gasteiger partial charge in [-0.05, 0) is 12.1 Å². The minimum Gasteiger partial charge on any atom is -0.485 e. The highest BCUT2D eigenvalue weighted by Gasteiger charge is 2.13. The molecule has 8 nitrogen and oxygen atoms in total. The Bertz CT molecular complexity index is 623. The molecule has 8 heteroatoms. The molecular formula is C11H10N4O4. The largest absolute Gasteiger partial charge is 0.485 e. The maximum Gasteiger partial charge on any atom is 0.315 e. The Morgan fingerprint density at radius 3 is 2.58 bits per heavy atom. The van der Waals surface area contributed by atoms with Gasteiger partial charge in [-0.2, -0.15) is 4.98 Å². The van der Waals surface area contributed by atoms with E-state index in [1.54, 1.807) is 18.2 Å². The Morgan fingerprint density at radius 2 is 1.95 bits per heavy atom. The third-order valence-corrected chi connectivity index (χ3v) is 2.19. The number of nitrogens with two attached hydrogens (primary N) is 2. The highest BCUT2D eigenvalue weighted by molar-refractivity contribution is 5.95. The Hall–Kier alpha value is -2.90. The van der Waals surface area contributed by atoms with Gasteiger partial charge < -0.3 is 20.7 Å². The highest BCUT2D eigenvalue weighted by Crippen LogP contribution is 2.18. The van der Waals surface area contributed by atoms with Gasteiger partial charge in [0.15, 0.2) is 6.61 Å². The van der Waals surface area contributed by atoms with E-state index in [1.807, 2.05) is 0 Å². The van der Waals surface area contributed by atoms with Crippen molar-refractivity contribution in [3.63, 3.8) is 0 Å².